The van der Waals surface area contributed by atoms with Gasteiger partial charge in [0.05, 0.1) is 0 Å². The smallest absolute Gasteiger partial charge is 0.222 e. The number of nitrogens with zero attached hydrogens (tertiary/aromatic N) is 2. The van der Waals surface area contributed by atoms with Crippen LogP contribution in [0.25, 0.3) is 0 Å². The molecule has 1 heterocycles. The number of carbonyl (C=O) groups excluding carboxylic acids is 1. The highest BCUT2D eigenvalue weighted by Crippen LogP contribution is 2.06. The molecule has 0 spiro atoms. The first-order valence-electron chi connectivity index (χ1n) is 6.48. The minimum Gasteiger partial charge on any atom is -0.340 e. The molecule has 1 aliphatic rings. The first kappa shape index (κ1) is 13.5. The van der Waals surface area contributed by atoms with Crippen LogP contribution in [0.15, 0.2) is 0 Å². The molecule has 0 aliphatic carbocycles. The van der Waals surface area contributed by atoms with Crippen LogP contribution in [0.5, 0.6) is 0 Å². The normalized spacial score (nSPS) is 17.8. The maximum atomic E-state index is 11.7. The van der Waals surface area contributed by atoms with Crippen LogP contribution in [-0.2, 0) is 4.79 Å². The lowest BCUT2D eigenvalue weighted by atomic mass is 10.2. The summed E-state index contributed by atoms with van der Waals surface area (Å²) in [6, 6.07) is 0. The van der Waals surface area contributed by atoms with E-state index in [1.807, 2.05) is 4.90 Å². The molecule has 0 unspecified atom stereocenters. The van der Waals surface area contributed by atoms with Gasteiger partial charge in [-0.3, -0.25) is 9.69 Å². The predicted octanol–water partition coefficient (Wildman–Crippen LogP) is 0.670. The zero-order chi connectivity index (χ0) is 11.8. The van der Waals surface area contributed by atoms with Gasteiger partial charge in [-0.1, -0.05) is 6.92 Å². The molecule has 0 saturated carbocycles. The van der Waals surface area contributed by atoms with Crippen molar-refractivity contribution in [3.63, 3.8) is 0 Å². The van der Waals surface area contributed by atoms with E-state index in [0.29, 0.717) is 12.3 Å². The summed E-state index contributed by atoms with van der Waals surface area (Å²) in [5.74, 6) is 0.323. The second kappa shape index (κ2) is 7.63. The first-order chi connectivity index (χ1) is 7.77. The van der Waals surface area contributed by atoms with Crippen LogP contribution in [0.2, 0.25) is 0 Å². The fourth-order valence-electron chi connectivity index (χ4n) is 2.07. The van der Waals surface area contributed by atoms with Crippen molar-refractivity contribution in [2.45, 2.75) is 32.6 Å². The lowest BCUT2D eigenvalue weighted by Crippen LogP contribution is -2.48. The van der Waals surface area contributed by atoms with Gasteiger partial charge in [-0.2, -0.15) is 0 Å². The highest BCUT2D eigenvalue weighted by atomic mass is 16.2. The molecule has 1 saturated heterocycles. The Morgan fingerprint density at radius 2 is 1.88 bits per heavy atom. The lowest BCUT2D eigenvalue weighted by Gasteiger charge is -2.34. The van der Waals surface area contributed by atoms with Crippen LogP contribution in [0.1, 0.15) is 32.6 Å². The van der Waals surface area contributed by atoms with Gasteiger partial charge in [-0.25, -0.2) is 0 Å². The van der Waals surface area contributed by atoms with Gasteiger partial charge in [0.1, 0.15) is 0 Å². The van der Waals surface area contributed by atoms with Crippen molar-refractivity contribution in [2.75, 3.05) is 39.3 Å². The molecule has 0 aromatic rings. The molecule has 0 aromatic carbocycles. The van der Waals surface area contributed by atoms with Gasteiger partial charge in [-0.05, 0) is 32.4 Å². The minimum absolute atomic E-state index is 0.323. The molecule has 2 N–H and O–H groups in total. The molecule has 1 amide bonds. The van der Waals surface area contributed by atoms with E-state index in [-0.39, 0.29) is 0 Å². The summed E-state index contributed by atoms with van der Waals surface area (Å²) in [5, 5.41) is 0. The second-order valence-electron chi connectivity index (χ2n) is 4.47. The van der Waals surface area contributed by atoms with E-state index in [1.54, 1.807) is 0 Å². The Labute approximate surface area is 98.8 Å². The minimum atomic E-state index is 0.323. The highest BCUT2D eigenvalue weighted by Gasteiger charge is 2.19. The maximum Gasteiger partial charge on any atom is 0.222 e. The zero-order valence-electron chi connectivity index (χ0n) is 10.5. The van der Waals surface area contributed by atoms with Gasteiger partial charge in [0.2, 0.25) is 5.91 Å². The molecule has 0 bridgehead atoms. The van der Waals surface area contributed by atoms with E-state index in [0.717, 1.165) is 52.1 Å². The van der Waals surface area contributed by atoms with E-state index in [4.69, 9.17) is 5.73 Å². The third kappa shape index (κ3) is 4.49. The molecule has 0 atom stereocenters. The Morgan fingerprint density at radius 3 is 2.44 bits per heavy atom. The molecule has 16 heavy (non-hydrogen) atoms. The van der Waals surface area contributed by atoms with Crippen LogP contribution in [0.3, 0.4) is 0 Å². The van der Waals surface area contributed by atoms with E-state index < -0.39 is 0 Å². The summed E-state index contributed by atoms with van der Waals surface area (Å²) < 4.78 is 0. The van der Waals surface area contributed by atoms with Crippen molar-refractivity contribution in [1.29, 1.82) is 0 Å². The average Bonchev–Trinajstić information content (AvgIpc) is 2.30. The summed E-state index contributed by atoms with van der Waals surface area (Å²) in [5.41, 5.74) is 5.47. The summed E-state index contributed by atoms with van der Waals surface area (Å²) in [6.45, 7) is 7.84. The van der Waals surface area contributed by atoms with Crippen LogP contribution < -0.4 is 5.73 Å². The van der Waals surface area contributed by atoms with Gasteiger partial charge in [0.15, 0.2) is 0 Å². The van der Waals surface area contributed by atoms with Crippen LogP contribution in [0.4, 0.5) is 0 Å². The van der Waals surface area contributed by atoms with Crippen molar-refractivity contribution in [2.24, 2.45) is 5.73 Å². The van der Waals surface area contributed by atoms with E-state index in [1.165, 1.54) is 6.42 Å². The van der Waals surface area contributed by atoms with Gasteiger partial charge in [0.25, 0.3) is 0 Å². The number of rotatable bonds is 6. The largest absolute Gasteiger partial charge is 0.340 e. The SMILES string of the molecule is CCCC(=O)N1CCN(CCCCN)CC1. The molecule has 0 aromatic heterocycles. The number of nitrogens with two attached hydrogens (primary N) is 1. The lowest BCUT2D eigenvalue weighted by molar-refractivity contribution is -0.132. The molecule has 1 rings (SSSR count). The highest BCUT2D eigenvalue weighted by molar-refractivity contribution is 5.76. The third-order valence-corrected chi connectivity index (χ3v) is 3.12. The quantitative estimate of drug-likeness (QED) is 0.679. The molecule has 0 radical (unpaired) electrons. The number of carbonyl (C=O) groups is 1. The molecule has 4 nitrogen and oxygen atoms in total. The fraction of sp³-hybridized carbons (Fsp3) is 0.917. The topological polar surface area (TPSA) is 49.6 Å². The Hall–Kier alpha value is -0.610. The maximum absolute atomic E-state index is 11.7. The summed E-state index contributed by atoms with van der Waals surface area (Å²) in [7, 11) is 0. The Kier molecular flexibility index (Phi) is 6.42. The van der Waals surface area contributed by atoms with Crippen LogP contribution >= 0.6 is 0 Å². The molecule has 1 aliphatic heterocycles. The first-order valence-corrected chi connectivity index (χ1v) is 6.48. The molecular weight excluding hydrogens is 202 g/mol. The second-order valence-corrected chi connectivity index (χ2v) is 4.47. The monoisotopic (exact) mass is 227 g/mol. The third-order valence-electron chi connectivity index (χ3n) is 3.12. The number of hydrogen-bond acceptors (Lipinski definition) is 3. The summed E-state index contributed by atoms with van der Waals surface area (Å²) in [4.78, 5) is 16.1. The number of hydrogen-bond donors (Lipinski definition) is 1. The van der Waals surface area contributed by atoms with E-state index in [2.05, 4.69) is 11.8 Å². The van der Waals surface area contributed by atoms with Gasteiger partial charge in [-0.15, -0.1) is 0 Å². The Morgan fingerprint density at radius 1 is 1.19 bits per heavy atom. The Bertz CT molecular complexity index is 200. The number of amides is 1. The number of piperazine rings is 1. The van der Waals surface area contributed by atoms with Gasteiger partial charge >= 0.3 is 0 Å². The number of unbranched alkanes of at least 4 members (excludes halogenated alkanes) is 1. The van der Waals surface area contributed by atoms with Crippen LogP contribution in [0, 0.1) is 0 Å². The molecule has 94 valence electrons. The summed E-state index contributed by atoms with van der Waals surface area (Å²) in [6.07, 6.45) is 3.94. The van der Waals surface area contributed by atoms with E-state index >= 15 is 0 Å². The van der Waals surface area contributed by atoms with E-state index in [9.17, 15) is 4.79 Å². The fourth-order valence-corrected chi connectivity index (χ4v) is 2.07. The van der Waals surface area contributed by atoms with Crippen molar-refractivity contribution >= 4 is 5.91 Å². The molecular formula is C12H25N3O. The Balaban J connectivity index is 2.15. The zero-order valence-corrected chi connectivity index (χ0v) is 10.5. The molecule has 4 heteroatoms. The van der Waals surface area contributed by atoms with Crippen molar-refractivity contribution in [3.8, 4) is 0 Å². The van der Waals surface area contributed by atoms with Gasteiger partial charge in [0, 0.05) is 32.6 Å². The van der Waals surface area contributed by atoms with Crippen LogP contribution in [-0.4, -0.2) is 55.0 Å². The van der Waals surface area contributed by atoms with Crippen molar-refractivity contribution in [1.82, 2.24) is 9.80 Å². The standard InChI is InChI=1S/C12H25N3O/c1-2-5-12(16)15-10-8-14(9-11-15)7-4-3-6-13/h2-11,13H2,1H3. The van der Waals surface area contributed by atoms with Gasteiger partial charge < -0.3 is 10.6 Å². The van der Waals surface area contributed by atoms with Crippen molar-refractivity contribution in [3.05, 3.63) is 0 Å². The predicted molar refractivity (Wildman–Crippen MR) is 66.2 cm³/mol. The molecule has 1 fully saturated rings. The van der Waals surface area contributed by atoms with Crippen molar-refractivity contribution < 1.29 is 4.79 Å². The average molecular weight is 227 g/mol. The summed E-state index contributed by atoms with van der Waals surface area (Å²) >= 11 is 0.